The standard InChI is InChI=1S/C26H34ClN3O4S/c1-4-34-25-10-9-23(16-20(25)3)35(32,33)30-11-5-6-21(18-30)26(31)29-14-12-28(13-15-29)24-17-22(27)8-7-19(24)2/h7-10,16-17,21H,4-6,11-15,18H2,1-3H3/t21-/m0/s1. The van der Waals surface area contributed by atoms with E-state index in [1.165, 1.54) is 4.31 Å². The number of hydrogen-bond donors (Lipinski definition) is 0. The minimum Gasteiger partial charge on any atom is -0.494 e. The Kier molecular flexibility index (Phi) is 7.93. The Morgan fingerprint density at radius 2 is 1.77 bits per heavy atom. The molecule has 35 heavy (non-hydrogen) atoms. The Bertz CT molecular complexity index is 1180. The molecule has 0 unspecified atom stereocenters. The van der Waals surface area contributed by atoms with Crippen LogP contribution in [-0.4, -0.2) is 69.4 Å². The molecule has 1 atom stereocenters. The Hall–Kier alpha value is -2.29. The van der Waals surface area contributed by atoms with E-state index in [1.54, 1.807) is 18.2 Å². The molecule has 0 aliphatic carbocycles. The molecule has 2 aliphatic rings. The summed E-state index contributed by atoms with van der Waals surface area (Å²) in [5, 5.41) is 0.704. The van der Waals surface area contributed by atoms with E-state index < -0.39 is 10.0 Å². The lowest BCUT2D eigenvalue weighted by Gasteiger charge is -2.40. The van der Waals surface area contributed by atoms with Crippen LogP contribution in [0.15, 0.2) is 41.3 Å². The maximum absolute atomic E-state index is 13.4. The summed E-state index contributed by atoms with van der Waals surface area (Å²) >= 11 is 6.19. The number of carbonyl (C=O) groups excluding carboxylic acids is 1. The van der Waals surface area contributed by atoms with E-state index in [2.05, 4.69) is 11.8 Å². The van der Waals surface area contributed by atoms with E-state index in [4.69, 9.17) is 16.3 Å². The van der Waals surface area contributed by atoms with Crippen LogP contribution in [-0.2, 0) is 14.8 Å². The Morgan fingerprint density at radius 1 is 1.03 bits per heavy atom. The molecular weight excluding hydrogens is 486 g/mol. The second-order valence-electron chi connectivity index (χ2n) is 9.31. The zero-order chi connectivity index (χ0) is 25.2. The summed E-state index contributed by atoms with van der Waals surface area (Å²) in [6.45, 7) is 9.67. The summed E-state index contributed by atoms with van der Waals surface area (Å²) in [5.74, 6) is 0.419. The molecule has 2 saturated heterocycles. The molecule has 0 spiro atoms. The normalized spacial score (nSPS) is 19.6. The number of hydrogen-bond acceptors (Lipinski definition) is 5. The van der Waals surface area contributed by atoms with Crippen molar-refractivity contribution in [3.05, 3.63) is 52.5 Å². The minimum absolute atomic E-state index is 0.0511. The van der Waals surface area contributed by atoms with Crippen LogP contribution < -0.4 is 9.64 Å². The molecule has 2 fully saturated rings. The highest BCUT2D eigenvalue weighted by Crippen LogP contribution is 2.29. The number of piperidine rings is 1. The summed E-state index contributed by atoms with van der Waals surface area (Å²) in [5.41, 5.74) is 3.04. The fourth-order valence-corrected chi connectivity index (χ4v) is 6.74. The van der Waals surface area contributed by atoms with Crippen LogP contribution in [0.2, 0.25) is 5.02 Å². The number of sulfonamides is 1. The number of ether oxygens (including phenoxy) is 1. The smallest absolute Gasteiger partial charge is 0.243 e. The molecule has 2 aromatic rings. The highest BCUT2D eigenvalue weighted by atomic mass is 35.5. The van der Waals surface area contributed by atoms with Gasteiger partial charge in [0, 0.05) is 50.0 Å². The van der Waals surface area contributed by atoms with Crippen molar-refractivity contribution in [2.45, 2.75) is 38.5 Å². The number of aryl methyl sites for hydroxylation is 2. The summed E-state index contributed by atoms with van der Waals surface area (Å²) in [6, 6.07) is 10.8. The third kappa shape index (κ3) is 5.60. The Labute approximate surface area is 213 Å². The van der Waals surface area contributed by atoms with Crippen LogP contribution in [0, 0.1) is 19.8 Å². The van der Waals surface area contributed by atoms with Crippen LogP contribution in [0.5, 0.6) is 5.75 Å². The van der Waals surface area contributed by atoms with Crippen molar-refractivity contribution in [3.8, 4) is 5.75 Å². The van der Waals surface area contributed by atoms with Crippen molar-refractivity contribution >= 4 is 33.2 Å². The third-order valence-electron chi connectivity index (χ3n) is 6.92. The van der Waals surface area contributed by atoms with Crippen LogP contribution >= 0.6 is 11.6 Å². The molecule has 2 aromatic carbocycles. The quantitative estimate of drug-likeness (QED) is 0.574. The molecule has 2 heterocycles. The molecular formula is C26H34ClN3O4S. The van der Waals surface area contributed by atoms with E-state index in [-0.39, 0.29) is 23.3 Å². The van der Waals surface area contributed by atoms with Gasteiger partial charge in [-0.25, -0.2) is 8.42 Å². The first-order valence-corrected chi connectivity index (χ1v) is 14.1. The van der Waals surface area contributed by atoms with Gasteiger partial charge in [-0.1, -0.05) is 17.7 Å². The lowest BCUT2D eigenvalue weighted by molar-refractivity contribution is -0.137. The van der Waals surface area contributed by atoms with Gasteiger partial charge in [-0.2, -0.15) is 4.31 Å². The number of halogens is 1. The highest BCUT2D eigenvalue weighted by Gasteiger charge is 2.36. The van der Waals surface area contributed by atoms with Crippen molar-refractivity contribution < 1.29 is 17.9 Å². The van der Waals surface area contributed by atoms with Crippen LogP contribution in [0.3, 0.4) is 0 Å². The van der Waals surface area contributed by atoms with Gasteiger partial charge in [0.1, 0.15) is 5.75 Å². The molecule has 0 bridgehead atoms. The number of nitrogens with zero attached hydrogens (tertiary/aromatic N) is 3. The number of amides is 1. The molecule has 190 valence electrons. The predicted octanol–water partition coefficient (Wildman–Crippen LogP) is 4.11. The lowest BCUT2D eigenvalue weighted by Crippen LogP contribution is -2.53. The van der Waals surface area contributed by atoms with Crippen molar-refractivity contribution in [2.24, 2.45) is 5.92 Å². The SMILES string of the molecule is CCOc1ccc(S(=O)(=O)N2CCC[C@H](C(=O)N3CCN(c4cc(Cl)ccc4C)CC3)C2)cc1C. The third-order valence-corrected chi connectivity index (χ3v) is 9.02. The second-order valence-corrected chi connectivity index (χ2v) is 11.7. The molecule has 0 saturated carbocycles. The topological polar surface area (TPSA) is 70.2 Å². The van der Waals surface area contributed by atoms with Gasteiger partial charge in [0.2, 0.25) is 15.9 Å². The molecule has 0 radical (unpaired) electrons. The Morgan fingerprint density at radius 3 is 2.46 bits per heavy atom. The van der Waals surface area contributed by atoms with E-state index in [9.17, 15) is 13.2 Å². The van der Waals surface area contributed by atoms with E-state index in [1.807, 2.05) is 36.9 Å². The fraction of sp³-hybridized carbons (Fsp3) is 0.500. The number of anilines is 1. The molecule has 7 nitrogen and oxygen atoms in total. The number of carbonyl (C=O) groups is 1. The first kappa shape index (κ1) is 25.8. The van der Waals surface area contributed by atoms with Crippen LogP contribution in [0.4, 0.5) is 5.69 Å². The molecule has 0 aromatic heterocycles. The van der Waals surface area contributed by atoms with Gasteiger partial charge in [-0.05, 0) is 75.1 Å². The fourth-order valence-electron chi connectivity index (χ4n) is 4.96. The molecule has 0 N–H and O–H groups in total. The largest absolute Gasteiger partial charge is 0.494 e. The maximum Gasteiger partial charge on any atom is 0.243 e. The highest BCUT2D eigenvalue weighted by molar-refractivity contribution is 7.89. The van der Waals surface area contributed by atoms with Gasteiger partial charge < -0.3 is 14.5 Å². The molecule has 1 amide bonds. The van der Waals surface area contributed by atoms with Gasteiger partial charge >= 0.3 is 0 Å². The zero-order valence-corrected chi connectivity index (χ0v) is 22.2. The van der Waals surface area contributed by atoms with Crippen molar-refractivity contribution in [2.75, 3.05) is 50.8 Å². The molecule has 2 aliphatic heterocycles. The Balaban J connectivity index is 1.40. The van der Waals surface area contributed by atoms with Crippen LogP contribution in [0.1, 0.15) is 30.9 Å². The number of piperazine rings is 1. The molecule has 4 rings (SSSR count). The van der Waals surface area contributed by atoms with E-state index >= 15 is 0 Å². The molecule has 9 heteroatoms. The number of rotatable bonds is 6. The first-order chi connectivity index (χ1) is 16.7. The lowest BCUT2D eigenvalue weighted by atomic mass is 9.97. The van der Waals surface area contributed by atoms with Gasteiger partial charge in [0.25, 0.3) is 0 Å². The van der Waals surface area contributed by atoms with Crippen molar-refractivity contribution in [1.82, 2.24) is 9.21 Å². The monoisotopic (exact) mass is 519 g/mol. The summed E-state index contributed by atoms with van der Waals surface area (Å²) in [4.78, 5) is 17.7. The maximum atomic E-state index is 13.4. The van der Waals surface area contributed by atoms with E-state index in [0.717, 1.165) is 29.9 Å². The summed E-state index contributed by atoms with van der Waals surface area (Å²) < 4.78 is 33.7. The second kappa shape index (κ2) is 10.8. The van der Waals surface area contributed by atoms with Crippen molar-refractivity contribution in [1.29, 1.82) is 0 Å². The van der Waals surface area contributed by atoms with Gasteiger partial charge in [-0.15, -0.1) is 0 Å². The van der Waals surface area contributed by atoms with Crippen molar-refractivity contribution in [3.63, 3.8) is 0 Å². The minimum atomic E-state index is -3.68. The predicted molar refractivity (Wildman–Crippen MR) is 139 cm³/mol. The summed E-state index contributed by atoms with van der Waals surface area (Å²) in [6.07, 6.45) is 1.38. The average Bonchev–Trinajstić information content (AvgIpc) is 2.86. The zero-order valence-electron chi connectivity index (χ0n) is 20.7. The summed E-state index contributed by atoms with van der Waals surface area (Å²) in [7, 11) is -3.68. The van der Waals surface area contributed by atoms with Gasteiger partial charge in [0.05, 0.1) is 17.4 Å². The van der Waals surface area contributed by atoms with Crippen LogP contribution in [0.25, 0.3) is 0 Å². The van der Waals surface area contributed by atoms with Gasteiger partial charge in [-0.3, -0.25) is 4.79 Å². The number of benzene rings is 2. The van der Waals surface area contributed by atoms with E-state index in [0.29, 0.717) is 49.9 Å². The average molecular weight is 520 g/mol. The van der Waals surface area contributed by atoms with Gasteiger partial charge in [0.15, 0.2) is 0 Å². The first-order valence-electron chi connectivity index (χ1n) is 12.2.